The molecule has 4 nitrogen and oxygen atoms in total. The monoisotopic (exact) mass is 279 g/mol. The zero-order valence-electron chi connectivity index (χ0n) is 11.9. The van der Waals surface area contributed by atoms with E-state index in [1.54, 1.807) is 0 Å². The number of anilines is 1. The van der Waals surface area contributed by atoms with Crippen molar-refractivity contribution in [3.05, 3.63) is 34.9 Å². The first-order chi connectivity index (χ1) is 9.06. The van der Waals surface area contributed by atoms with Gasteiger partial charge in [0, 0.05) is 0 Å². The summed E-state index contributed by atoms with van der Waals surface area (Å²) in [7, 11) is 0. The Kier molecular flexibility index (Phi) is 6.29. The zero-order valence-corrected chi connectivity index (χ0v) is 12.8. The number of aromatic nitrogens is 2. The Labute approximate surface area is 118 Å². The molecule has 5 heteroatoms. The van der Waals surface area contributed by atoms with Crippen molar-refractivity contribution in [3.8, 4) is 5.19 Å². The van der Waals surface area contributed by atoms with Crippen molar-refractivity contribution in [1.29, 1.82) is 0 Å². The van der Waals surface area contributed by atoms with Crippen LogP contribution >= 0.6 is 11.3 Å². The first-order valence-electron chi connectivity index (χ1n) is 6.28. The Bertz CT molecular complexity index is 501. The molecule has 0 atom stereocenters. The predicted molar refractivity (Wildman–Crippen MR) is 81.4 cm³/mol. The van der Waals surface area contributed by atoms with E-state index in [0.717, 1.165) is 12.0 Å². The molecule has 0 unspecified atom stereocenters. The molecule has 2 N–H and O–H groups in total. The molecule has 0 radical (unpaired) electrons. The first-order valence-corrected chi connectivity index (χ1v) is 7.09. The highest BCUT2D eigenvalue weighted by atomic mass is 32.1. The second kappa shape index (κ2) is 7.74. The van der Waals surface area contributed by atoms with Crippen LogP contribution in [-0.4, -0.2) is 16.8 Å². The van der Waals surface area contributed by atoms with Crippen LogP contribution in [0.15, 0.2) is 34.9 Å². The highest BCUT2D eigenvalue weighted by Crippen LogP contribution is 2.20. The average Bonchev–Trinajstić information content (AvgIpc) is 2.83. The van der Waals surface area contributed by atoms with Crippen molar-refractivity contribution in [2.45, 2.75) is 34.1 Å². The molecule has 0 aliphatic rings. The summed E-state index contributed by atoms with van der Waals surface area (Å²) >= 11 is 1.25. The van der Waals surface area contributed by atoms with Gasteiger partial charge in [0.2, 0.25) is 5.13 Å². The molecule has 0 bridgehead atoms. The Hall–Kier alpha value is -1.62. The first kappa shape index (κ1) is 15.4. The molecule has 1 rings (SSSR count). The van der Waals surface area contributed by atoms with E-state index in [1.807, 2.05) is 6.92 Å². The van der Waals surface area contributed by atoms with Gasteiger partial charge in [-0.2, -0.15) is 0 Å². The maximum Gasteiger partial charge on any atom is 0.296 e. The van der Waals surface area contributed by atoms with Gasteiger partial charge in [0.15, 0.2) is 0 Å². The van der Waals surface area contributed by atoms with Crippen molar-refractivity contribution in [1.82, 2.24) is 10.2 Å². The minimum atomic E-state index is 0.424. The molecule has 0 fully saturated rings. The van der Waals surface area contributed by atoms with Crippen LogP contribution in [0.4, 0.5) is 5.13 Å². The minimum Gasteiger partial charge on any atom is -0.464 e. The fourth-order valence-electron chi connectivity index (χ4n) is 1.29. The fourth-order valence-corrected chi connectivity index (χ4v) is 1.75. The molecule has 0 aliphatic heterocycles. The largest absolute Gasteiger partial charge is 0.464 e. The van der Waals surface area contributed by atoms with Crippen LogP contribution in [-0.2, 0) is 0 Å². The number of rotatable bonds is 6. The number of hydrogen-bond acceptors (Lipinski definition) is 5. The van der Waals surface area contributed by atoms with Crippen LogP contribution in [0.5, 0.6) is 5.19 Å². The Morgan fingerprint density at radius 2 is 2.05 bits per heavy atom. The van der Waals surface area contributed by atoms with E-state index in [0.29, 0.717) is 16.9 Å². The van der Waals surface area contributed by atoms with E-state index in [4.69, 9.17) is 10.5 Å². The Morgan fingerprint density at radius 3 is 2.58 bits per heavy atom. The smallest absolute Gasteiger partial charge is 0.296 e. The molecule has 104 valence electrons. The van der Waals surface area contributed by atoms with E-state index in [-0.39, 0.29) is 0 Å². The Balaban J connectivity index is 2.74. The van der Waals surface area contributed by atoms with Crippen molar-refractivity contribution >= 4 is 16.5 Å². The van der Waals surface area contributed by atoms with Crippen LogP contribution in [0, 0.1) is 0 Å². The van der Waals surface area contributed by atoms with Gasteiger partial charge in [-0.3, -0.25) is 0 Å². The molecular weight excluding hydrogens is 258 g/mol. The predicted octanol–water partition coefficient (Wildman–Crippen LogP) is 3.75. The summed E-state index contributed by atoms with van der Waals surface area (Å²) in [6.07, 6.45) is 7.25. The number of ether oxygens (including phenoxy) is 1. The molecule has 0 spiro atoms. The lowest BCUT2D eigenvalue weighted by molar-refractivity contribution is 0.349. The lowest BCUT2D eigenvalue weighted by Crippen LogP contribution is -2.01. The topological polar surface area (TPSA) is 61.0 Å². The maximum absolute atomic E-state index is 5.61. The molecule has 0 amide bonds. The van der Waals surface area contributed by atoms with E-state index >= 15 is 0 Å². The van der Waals surface area contributed by atoms with Crippen LogP contribution < -0.4 is 10.5 Å². The van der Waals surface area contributed by atoms with Gasteiger partial charge in [0.05, 0.1) is 0 Å². The van der Waals surface area contributed by atoms with Crippen molar-refractivity contribution in [2.75, 3.05) is 12.3 Å². The van der Waals surface area contributed by atoms with Gasteiger partial charge in [-0.1, -0.05) is 41.4 Å². The van der Waals surface area contributed by atoms with Crippen LogP contribution in [0.3, 0.4) is 0 Å². The second-order valence-corrected chi connectivity index (χ2v) is 5.19. The summed E-state index contributed by atoms with van der Waals surface area (Å²) in [5.74, 6) is 0. The quantitative estimate of drug-likeness (QED) is 0.806. The third kappa shape index (κ3) is 5.26. The molecule has 0 saturated carbocycles. The molecular formula is C14H21N3OS. The van der Waals surface area contributed by atoms with Gasteiger partial charge in [0.1, 0.15) is 6.61 Å². The van der Waals surface area contributed by atoms with Gasteiger partial charge >= 0.3 is 0 Å². The van der Waals surface area contributed by atoms with Gasteiger partial charge in [-0.05, 0) is 44.1 Å². The SMILES string of the molecule is C\C=C(C)/C=C\C(COc1nnc(N)s1)=C(\C)CC. The summed E-state index contributed by atoms with van der Waals surface area (Å²) < 4.78 is 5.61. The van der Waals surface area contributed by atoms with E-state index in [2.05, 4.69) is 49.2 Å². The number of nitrogen functional groups attached to an aromatic ring is 1. The molecule has 0 saturated heterocycles. The zero-order chi connectivity index (χ0) is 14.3. The van der Waals surface area contributed by atoms with Gasteiger partial charge in [-0.25, -0.2) is 0 Å². The molecule has 0 aliphatic carbocycles. The Morgan fingerprint density at radius 1 is 1.32 bits per heavy atom. The van der Waals surface area contributed by atoms with Crippen LogP contribution in [0.1, 0.15) is 34.1 Å². The lowest BCUT2D eigenvalue weighted by Gasteiger charge is -2.07. The number of hydrogen-bond donors (Lipinski definition) is 1. The lowest BCUT2D eigenvalue weighted by atomic mass is 10.1. The fraction of sp³-hybridized carbons (Fsp3) is 0.429. The standard InChI is InChI=1S/C14H21N3OS/c1-5-10(3)7-8-12(11(4)6-2)9-18-14-17-16-13(15)19-14/h5,7-8H,6,9H2,1-4H3,(H2,15,16)/b8-7-,10-5-,12-11+. The summed E-state index contributed by atoms with van der Waals surface area (Å²) in [6, 6.07) is 0. The molecule has 0 aromatic carbocycles. The third-order valence-electron chi connectivity index (χ3n) is 2.85. The van der Waals surface area contributed by atoms with Crippen LogP contribution in [0.2, 0.25) is 0 Å². The average molecular weight is 279 g/mol. The molecule has 1 heterocycles. The normalized spacial score (nSPS) is 13.8. The summed E-state index contributed by atoms with van der Waals surface area (Å²) in [6.45, 7) is 8.83. The summed E-state index contributed by atoms with van der Waals surface area (Å²) in [4.78, 5) is 0. The van der Waals surface area contributed by atoms with Crippen molar-refractivity contribution in [3.63, 3.8) is 0 Å². The van der Waals surface area contributed by atoms with Gasteiger partial charge < -0.3 is 10.5 Å². The maximum atomic E-state index is 5.61. The molecule has 1 aromatic rings. The van der Waals surface area contributed by atoms with Crippen molar-refractivity contribution in [2.24, 2.45) is 0 Å². The number of nitrogens with zero attached hydrogens (tertiary/aromatic N) is 2. The third-order valence-corrected chi connectivity index (χ3v) is 3.52. The van der Waals surface area contributed by atoms with Gasteiger partial charge in [0.25, 0.3) is 5.19 Å². The van der Waals surface area contributed by atoms with E-state index < -0.39 is 0 Å². The van der Waals surface area contributed by atoms with Crippen LogP contribution in [0.25, 0.3) is 0 Å². The minimum absolute atomic E-state index is 0.424. The highest BCUT2D eigenvalue weighted by Gasteiger charge is 2.04. The number of nitrogens with two attached hydrogens (primary N) is 1. The second-order valence-electron chi connectivity index (χ2n) is 4.22. The molecule has 19 heavy (non-hydrogen) atoms. The molecule has 1 aromatic heterocycles. The highest BCUT2D eigenvalue weighted by molar-refractivity contribution is 7.16. The van der Waals surface area contributed by atoms with Crippen molar-refractivity contribution < 1.29 is 4.74 Å². The summed E-state index contributed by atoms with van der Waals surface area (Å²) in [5.41, 5.74) is 9.21. The van der Waals surface area contributed by atoms with E-state index in [1.165, 1.54) is 22.5 Å². The van der Waals surface area contributed by atoms with E-state index in [9.17, 15) is 0 Å². The van der Waals surface area contributed by atoms with Gasteiger partial charge in [-0.15, -0.1) is 5.10 Å². The number of allylic oxidation sites excluding steroid dienone is 4. The summed E-state index contributed by atoms with van der Waals surface area (Å²) in [5, 5.41) is 8.51.